The van der Waals surface area contributed by atoms with Crippen molar-refractivity contribution in [1.82, 2.24) is 15.1 Å². The van der Waals surface area contributed by atoms with Crippen LogP contribution in [0.1, 0.15) is 110 Å². The van der Waals surface area contributed by atoms with Crippen molar-refractivity contribution in [2.75, 3.05) is 21.2 Å². The number of amides is 3. The number of esters is 1. The normalized spacial score (nSPS) is 10.9. The molecule has 3 N–H and O–H groups in total. The number of aromatic carboxylic acids is 2. The Morgan fingerprint density at radius 2 is 0.842 bits per heavy atom. The van der Waals surface area contributed by atoms with E-state index in [4.69, 9.17) is 24.4 Å². The van der Waals surface area contributed by atoms with Gasteiger partial charge in [-0.25, -0.2) is 28.8 Å². The van der Waals surface area contributed by atoms with Gasteiger partial charge in [-0.2, -0.15) is 0 Å². The van der Waals surface area contributed by atoms with Crippen LogP contribution in [0.4, 0.5) is 14.4 Å². The Bertz CT molecular complexity index is 1790. The summed E-state index contributed by atoms with van der Waals surface area (Å²) in [5, 5.41) is 20.1. The first-order chi connectivity index (χ1) is 26.2. The van der Waals surface area contributed by atoms with Gasteiger partial charge in [0.05, 0.1) is 23.8 Å². The molecule has 0 heterocycles. The summed E-state index contributed by atoms with van der Waals surface area (Å²) in [6.07, 6.45) is -1.28. The van der Waals surface area contributed by atoms with Crippen LogP contribution in [-0.4, -0.2) is 94.2 Å². The van der Waals surface area contributed by atoms with E-state index < -0.39 is 40.9 Å². The number of carboxylic acids is 2. The number of alkyl carbamates (subject to hydrolysis) is 1. The lowest BCUT2D eigenvalue weighted by Gasteiger charge is -2.24. The van der Waals surface area contributed by atoms with Gasteiger partial charge in [-0.3, -0.25) is 0 Å². The number of methoxy groups -OCH3 is 1. The molecule has 15 heteroatoms. The Hall–Kier alpha value is -6.12. The first-order valence-electron chi connectivity index (χ1n) is 17.9. The van der Waals surface area contributed by atoms with Gasteiger partial charge in [0.2, 0.25) is 0 Å². The van der Waals surface area contributed by atoms with Crippen molar-refractivity contribution in [3.8, 4) is 0 Å². The summed E-state index contributed by atoms with van der Waals surface area (Å²) < 4.78 is 20.2. The molecule has 3 amide bonds. The number of carboxylic acid groups (broad SMARTS) is 2. The van der Waals surface area contributed by atoms with Crippen LogP contribution in [0.15, 0.2) is 72.8 Å². The predicted octanol–water partition coefficient (Wildman–Crippen LogP) is 8.00. The van der Waals surface area contributed by atoms with Gasteiger partial charge in [0, 0.05) is 33.7 Å². The summed E-state index contributed by atoms with van der Waals surface area (Å²) in [6.45, 7) is 17.3. The van der Waals surface area contributed by atoms with E-state index in [0.29, 0.717) is 25.2 Å². The van der Waals surface area contributed by atoms with E-state index in [2.05, 4.69) is 10.1 Å². The Morgan fingerprint density at radius 1 is 0.526 bits per heavy atom. The molecule has 0 saturated carbocycles. The molecule has 0 atom stereocenters. The molecule has 0 aliphatic rings. The Balaban J connectivity index is 0.000000428. The first-order valence-corrected chi connectivity index (χ1v) is 17.9. The van der Waals surface area contributed by atoms with Gasteiger partial charge in [0.1, 0.15) is 16.8 Å². The fraction of sp³-hybridized carbons (Fsp3) is 0.429. The lowest BCUT2D eigenvalue weighted by Crippen LogP contribution is -2.33. The summed E-state index contributed by atoms with van der Waals surface area (Å²) in [7, 11) is 4.65. The van der Waals surface area contributed by atoms with Crippen molar-refractivity contribution in [1.29, 1.82) is 0 Å². The minimum atomic E-state index is -0.971. The first kappa shape index (κ1) is 48.9. The second-order valence-corrected chi connectivity index (χ2v) is 15.7. The lowest BCUT2D eigenvalue weighted by molar-refractivity contribution is 0.0275. The number of nitrogens with one attached hydrogen (secondary N) is 1. The molecule has 312 valence electrons. The van der Waals surface area contributed by atoms with Gasteiger partial charge in [0.15, 0.2) is 0 Å². The highest BCUT2D eigenvalue weighted by molar-refractivity contribution is 5.89. The second kappa shape index (κ2) is 21.8. The zero-order chi connectivity index (χ0) is 43.7. The molecule has 15 nitrogen and oxygen atoms in total. The fourth-order valence-electron chi connectivity index (χ4n) is 4.23. The van der Waals surface area contributed by atoms with Gasteiger partial charge in [-0.15, -0.1) is 0 Å². The van der Waals surface area contributed by atoms with Gasteiger partial charge >= 0.3 is 36.2 Å². The van der Waals surface area contributed by atoms with Gasteiger partial charge in [-0.05, 0) is 115 Å². The van der Waals surface area contributed by atoms with Crippen LogP contribution in [0.25, 0.3) is 0 Å². The summed E-state index contributed by atoms with van der Waals surface area (Å²) in [4.78, 5) is 70.5. The molecule has 0 aliphatic heterocycles. The third kappa shape index (κ3) is 20.9. The molecule has 0 aromatic heterocycles. The Morgan fingerprint density at radius 3 is 1.14 bits per heavy atom. The molecule has 3 aromatic carbocycles. The molecule has 0 saturated heterocycles. The van der Waals surface area contributed by atoms with E-state index in [1.807, 2.05) is 20.8 Å². The van der Waals surface area contributed by atoms with Gasteiger partial charge in [-0.1, -0.05) is 36.4 Å². The highest BCUT2D eigenvalue weighted by atomic mass is 16.6. The molecular weight excluding hydrogens is 738 g/mol. The predicted molar refractivity (Wildman–Crippen MR) is 213 cm³/mol. The standard InChI is InChI=1S/C15H21NO4.C14H19NO4.C13H17NO4/c1-15(2,3)20-14(18)16(4)10-11-6-8-12(9-7-11)13(17)19-5;1-14(2,3)19-13(18)15(4)9-10-5-7-11(8-6-10)12(16)17;1-13(2,3)18-12(17)14-8-9-4-6-10(7-5-9)11(15)16/h6-9H,10H2,1-5H3;5-8H,9H2,1-4H3,(H,16,17);4-7H,8H2,1-3H3,(H,14,17)(H,15,16). The smallest absolute Gasteiger partial charge is 0.410 e. The summed E-state index contributed by atoms with van der Waals surface area (Å²) >= 11 is 0. The third-order valence-corrected chi connectivity index (χ3v) is 6.86. The molecular formula is C42H57N3O12. The molecule has 0 fully saturated rings. The largest absolute Gasteiger partial charge is 0.478 e. The number of rotatable bonds is 9. The number of ether oxygens (including phenoxy) is 4. The molecule has 3 rings (SSSR count). The number of hydrogen-bond acceptors (Lipinski definition) is 10. The van der Waals surface area contributed by atoms with Crippen LogP contribution in [0.2, 0.25) is 0 Å². The van der Waals surface area contributed by atoms with E-state index in [0.717, 1.165) is 16.7 Å². The molecule has 3 aromatic rings. The average Bonchev–Trinajstić information content (AvgIpc) is 3.09. The SMILES string of the molecule is CC(C)(C)OC(=O)NCc1ccc(C(=O)O)cc1.CN(Cc1ccc(C(=O)O)cc1)C(=O)OC(C)(C)C.COC(=O)c1ccc(CN(C)C(=O)OC(C)(C)C)cc1. The van der Waals surface area contributed by atoms with Crippen molar-refractivity contribution in [2.45, 2.75) is 98.8 Å². The highest BCUT2D eigenvalue weighted by Crippen LogP contribution is 2.14. The maximum absolute atomic E-state index is 11.8. The molecule has 0 aliphatic carbocycles. The maximum atomic E-state index is 11.8. The number of hydrogen-bond donors (Lipinski definition) is 3. The molecule has 0 radical (unpaired) electrons. The Kier molecular flexibility index (Phi) is 18.7. The van der Waals surface area contributed by atoms with Crippen molar-refractivity contribution in [3.05, 3.63) is 106 Å². The lowest BCUT2D eigenvalue weighted by atomic mass is 10.1. The molecule has 0 bridgehead atoms. The third-order valence-electron chi connectivity index (χ3n) is 6.86. The van der Waals surface area contributed by atoms with Crippen LogP contribution in [0.3, 0.4) is 0 Å². The van der Waals surface area contributed by atoms with Crippen molar-refractivity contribution < 1.29 is 57.9 Å². The zero-order valence-corrected chi connectivity index (χ0v) is 34.9. The summed E-state index contributed by atoms with van der Waals surface area (Å²) in [6, 6.07) is 19.6. The van der Waals surface area contributed by atoms with Crippen LogP contribution in [0, 0.1) is 0 Å². The van der Waals surface area contributed by atoms with Gasteiger partial charge < -0.3 is 44.3 Å². The fourth-order valence-corrected chi connectivity index (χ4v) is 4.23. The highest BCUT2D eigenvalue weighted by Gasteiger charge is 2.21. The van der Waals surface area contributed by atoms with E-state index in [1.165, 1.54) is 41.2 Å². The summed E-state index contributed by atoms with van der Waals surface area (Å²) in [5.41, 5.74) is 1.92. The van der Waals surface area contributed by atoms with Crippen LogP contribution in [-0.2, 0) is 38.6 Å². The number of carbonyl (C=O) groups is 6. The van der Waals surface area contributed by atoms with Crippen LogP contribution >= 0.6 is 0 Å². The number of nitrogens with zero attached hydrogens (tertiary/aromatic N) is 2. The van der Waals surface area contributed by atoms with E-state index >= 15 is 0 Å². The second-order valence-electron chi connectivity index (χ2n) is 15.7. The van der Waals surface area contributed by atoms with Crippen LogP contribution < -0.4 is 5.32 Å². The monoisotopic (exact) mass is 795 g/mol. The zero-order valence-electron chi connectivity index (χ0n) is 34.9. The maximum Gasteiger partial charge on any atom is 0.410 e. The van der Waals surface area contributed by atoms with Crippen LogP contribution in [0.5, 0.6) is 0 Å². The van der Waals surface area contributed by atoms with Crippen molar-refractivity contribution in [3.63, 3.8) is 0 Å². The van der Waals surface area contributed by atoms with Gasteiger partial charge in [0.25, 0.3) is 0 Å². The van der Waals surface area contributed by atoms with Crippen molar-refractivity contribution >= 4 is 36.2 Å². The van der Waals surface area contributed by atoms with E-state index in [9.17, 15) is 28.8 Å². The quantitative estimate of drug-likeness (QED) is 0.140. The minimum Gasteiger partial charge on any atom is -0.478 e. The topological polar surface area (TPSA) is 198 Å². The molecule has 57 heavy (non-hydrogen) atoms. The molecule has 0 spiro atoms. The number of carbonyl (C=O) groups excluding carboxylic acids is 4. The molecule has 0 unspecified atom stereocenters. The average molecular weight is 796 g/mol. The Labute approximate surface area is 334 Å². The van der Waals surface area contributed by atoms with E-state index in [1.54, 1.807) is 104 Å². The van der Waals surface area contributed by atoms with Crippen molar-refractivity contribution in [2.24, 2.45) is 0 Å². The summed E-state index contributed by atoms with van der Waals surface area (Å²) in [5.74, 6) is -2.31. The minimum absolute atomic E-state index is 0.219. The number of benzene rings is 3. The van der Waals surface area contributed by atoms with E-state index in [-0.39, 0.29) is 23.2 Å².